The van der Waals surface area contributed by atoms with E-state index < -0.39 is 11.9 Å². The zero-order chi connectivity index (χ0) is 25.8. The molecule has 37 heavy (non-hydrogen) atoms. The van der Waals surface area contributed by atoms with E-state index in [1.807, 2.05) is 48.7 Å². The van der Waals surface area contributed by atoms with Gasteiger partial charge in [0.15, 0.2) is 5.78 Å². The molecule has 1 fully saturated rings. The molecule has 3 aromatic carbocycles. The van der Waals surface area contributed by atoms with Crippen molar-refractivity contribution in [2.75, 3.05) is 26.7 Å². The van der Waals surface area contributed by atoms with Gasteiger partial charge in [0.2, 0.25) is 5.91 Å². The van der Waals surface area contributed by atoms with Gasteiger partial charge in [-0.15, -0.1) is 0 Å². The summed E-state index contributed by atoms with van der Waals surface area (Å²) >= 11 is 0. The average Bonchev–Trinajstić information content (AvgIpc) is 3.35. The van der Waals surface area contributed by atoms with Crippen molar-refractivity contribution in [3.8, 4) is 0 Å². The molecule has 1 saturated heterocycles. The molecule has 0 saturated carbocycles. The Morgan fingerprint density at radius 2 is 1.76 bits per heavy atom. The molecule has 0 unspecified atom stereocenters. The maximum Gasteiger partial charge on any atom is 0.248 e. The lowest BCUT2D eigenvalue weighted by molar-refractivity contribution is 0.0943. The number of carbonyl (C=O) groups is 2. The molecule has 1 aliphatic heterocycles. The Labute approximate surface area is 217 Å². The average molecular weight is 495 g/mol. The van der Waals surface area contributed by atoms with Gasteiger partial charge in [0.25, 0.3) is 0 Å². The fraction of sp³-hybridized carbons (Fsp3) is 0.290. The SMILES string of the molecule is CN1CCC(c2ccc3c(C(=O)[C@H](NCCc4ccc(C(N)=O)cc4)c4ccccc4)c[nH]c3c2)CC1. The van der Waals surface area contributed by atoms with Gasteiger partial charge in [-0.2, -0.15) is 0 Å². The van der Waals surface area contributed by atoms with E-state index in [0.717, 1.165) is 41.5 Å². The molecule has 6 heteroatoms. The molecule has 4 aromatic rings. The van der Waals surface area contributed by atoms with Crippen LogP contribution in [0.25, 0.3) is 10.9 Å². The molecule has 4 N–H and O–H groups in total. The van der Waals surface area contributed by atoms with Crippen LogP contribution < -0.4 is 11.1 Å². The zero-order valence-corrected chi connectivity index (χ0v) is 21.2. The number of benzene rings is 3. The Morgan fingerprint density at radius 1 is 1.03 bits per heavy atom. The first-order valence-corrected chi connectivity index (χ1v) is 13.0. The number of aromatic nitrogens is 1. The highest BCUT2D eigenvalue weighted by molar-refractivity contribution is 6.10. The number of nitrogens with one attached hydrogen (secondary N) is 2. The van der Waals surface area contributed by atoms with Crippen LogP contribution in [-0.2, 0) is 6.42 Å². The summed E-state index contributed by atoms with van der Waals surface area (Å²) in [5, 5.41) is 4.45. The van der Waals surface area contributed by atoms with Crippen LogP contribution in [0.5, 0.6) is 0 Å². The summed E-state index contributed by atoms with van der Waals surface area (Å²) in [5.74, 6) is 0.184. The number of likely N-dealkylation sites (tertiary alicyclic amines) is 1. The lowest BCUT2D eigenvalue weighted by atomic mass is 9.88. The largest absolute Gasteiger partial charge is 0.366 e. The molecular weight excluding hydrogens is 460 g/mol. The highest BCUT2D eigenvalue weighted by Gasteiger charge is 2.25. The van der Waals surface area contributed by atoms with Crippen molar-refractivity contribution >= 4 is 22.6 Å². The molecule has 0 radical (unpaired) electrons. The van der Waals surface area contributed by atoms with Gasteiger partial charge in [-0.05, 0) is 80.2 Å². The van der Waals surface area contributed by atoms with E-state index >= 15 is 0 Å². The van der Waals surface area contributed by atoms with Gasteiger partial charge in [-0.1, -0.05) is 54.6 Å². The Bertz CT molecular complexity index is 1370. The summed E-state index contributed by atoms with van der Waals surface area (Å²) in [6, 6.07) is 23.2. The minimum Gasteiger partial charge on any atom is -0.366 e. The van der Waals surface area contributed by atoms with Crippen LogP contribution in [0.1, 0.15) is 62.2 Å². The molecule has 5 rings (SSSR count). The minimum absolute atomic E-state index is 0.0496. The van der Waals surface area contributed by atoms with Gasteiger partial charge in [0.05, 0.1) is 6.04 Å². The smallest absolute Gasteiger partial charge is 0.248 e. The van der Waals surface area contributed by atoms with Gasteiger partial charge in [-0.25, -0.2) is 0 Å². The molecule has 1 aliphatic rings. The molecule has 0 aliphatic carbocycles. The van der Waals surface area contributed by atoms with Crippen LogP contribution in [0.4, 0.5) is 0 Å². The Morgan fingerprint density at radius 3 is 2.46 bits per heavy atom. The van der Waals surface area contributed by atoms with Gasteiger partial charge >= 0.3 is 0 Å². The molecule has 1 aromatic heterocycles. The third kappa shape index (κ3) is 5.66. The number of nitrogens with two attached hydrogens (primary N) is 1. The number of piperidine rings is 1. The number of ketones is 1. The van der Waals surface area contributed by atoms with E-state index in [1.54, 1.807) is 12.1 Å². The van der Waals surface area contributed by atoms with Gasteiger partial charge in [0.1, 0.15) is 0 Å². The molecular formula is C31H34N4O2. The van der Waals surface area contributed by atoms with Crippen LogP contribution in [0.2, 0.25) is 0 Å². The number of aromatic amines is 1. The van der Waals surface area contributed by atoms with Crippen molar-refractivity contribution in [1.82, 2.24) is 15.2 Å². The molecule has 190 valence electrons. The topological polar surface area (TPSA) is 91.2 Å². The quantitative estimate of drug-likeness (QED) is 0.291. The van der Waals surface area contributed by atoms with Crippen molar-refractivity contribution < 1.29 is 9.59 Å². The predicted octanol–water partition coefficient (Wildman–Crippen LogP) is 4.83. The fourth-order valence-electron chi connectivity index (χ4n) is 5.30. The number of H-pyrrole nitrogens is 1. The van der Waals surface area contributed by atoms with E-state index in [-0.39, 0.29) is 5.78 Å². The first-order chi connectivity index (χ1) is 18.0. The summed E-state index contributed by atoms with van der Waals surface area (Å²) in [6.45, 7) is 2.86. The molecule has 0 spiro atoms. The number of rotatable bonds is 9. The molecule has 0 bridgehead atoms. The summed E-state index contributed by atoms with van der Waals surface area (Å²) in [7, 11) is 2.18. The van der Waals surface area contributed by atoms with Gasteiger partial charge in [-0.3, -0.25) is 9.59 Å². The van der Waals surface area contributed by atoms with Gasteiger partial charge in [0, 0.05) is 34.8 Å². The zero-order valence-electron chi connectivity index (χ0n) is 21.2. The molecule has 1 atom stereocenters. The number of carbonyl (C=O) groups excluding carboxylic acids is 2. The van der Waals surface area contributed by atoms with Crippen LogP contribution in [0, 0.1) is 0 Å². The van der Waals surface area contributed by atoms with Crippen molar-refractivity contribution in [3.05, 3.63) is 107 Å². The maximum atomic E-state index is 13.9. The number of fused-ring (bicyclic) bond motifs is 1. The second-order valence-electron chi connectivity index (χ2n) is 10.1. The van der Waals surface area contributed by atoms with Crippen molar-refractivity contribution in [1.29, 1.82) is 0 Å². The number of hydrogen-bond donors (Lipinski definition) is 3. The number of hydrogen-bond acceptors (Lipinski definition) is 4. The number of nitrogens with zero attached hydrogens (tertiary/aromatic N) is 1. The second-order valence-corrected chi connectivity index (χ2v) is 10.1. The minimum atomic E-state index is -0.460. The van der Waals surface area contributed by atoms with E-state index in [9.17, 15) is 9.59 Å². The van der Waals surface area contributed by atoms with Crippen LogP contribution in [-0.4, -0.2) is 48.3 Å². The van der Waals surface area contributed by atoms with E-state index in [4.69, 9.17) is 5.73 Å². The lowest BCUT2D eigenvalue weighted by Crippen LogP contribution is -2.30. The van der Waals surface area contributed by atoms with Crippen molar-refractivity contribution in [3.63, 3.8) is 0 Å². The summed E-state index contributed by atoms with van der Waals surface area (Å²) < 4.78 is 0. The van der Waals surface area contributed by atoms with Crippen molar-refractivity contribution in [2.24, 2.45) is 5.73 Å². The molecule has 1 amide bonds. The van der Waals surface area contributed by atoms with Crippen LogP contribution in [0.15, 0.2) is 79.0 Å². The highest BCUT2D eigenvalue weighted by atomic mass is 16.1. The maximum absolute atomic E-state index is 13.9. The van der Waals surface area contributed by atoms with Crippen LogP contribution >= 0.6 is 0 Å². The van der Waals surface area contributed by atoms with E-state index in [2.05, 4.69) is 40.4 Å². The van der Waals surface area contributed by atoms with Crippen molar-refractivity contribution in [2.45, 2.75) is 31.2 Å². The summed E-state index contributed by atoms with van der Waals surface area (Å²) in [5.41, 5.74) is 10.9. The summed E-state index contributed by atoms with van der Waals surface area (Å²) in [4.78, 5) is 30.9. The third-order valence-corrected chi connectivity index (χ3v) is 7.56. The lowest BCUT2D eigenvalue weighted by Gasteiger charge is -2.29. The molecule has 6 nitrogen and oxygen atoms in total. The van der Waals surface area contributed by atoms with E-state index in [1.165, 1.54) is 18.4 Å². The number of amides is 1. The Balaban J connectivity index is 1.34. The standard InChI is InChI=1S/C31H34N4O2/c1-35-17-14-22(15-18-35)25-11-12-26-27(20-34-28(26)19-25)30(36)29(23-5-3-2-4-6-23)33-16-13-21-7-9-24(10-8-21)31(32)37/h2-12,19-20,22,29,33-34H,13-18H2,1H3,(H2,32,37)/t29-/m1/s1. The normalized spacial score (nSPS) is 15.6. The Hall–Kier alpha value is -3.74. The van der Waals surface area contributed by atoms with Gasteiger partial charge < -0.3 is 20.9 Å². The first kappa shape index (κ1) is 24.9. The first-order valence-electron chi connectivity index (χ1n) is 13.0. The summed E-state index contributed by atoms with van der Waals surface area (Å²) in [6.07, 6.45) is 4.91. The second kappa shape index (κ2) is 11.1. The van der Waals surface area contributed by atoms with Crippen LogP contribution in [0.3, 0.4) is 0 Å². The third-order valence-electron chi connectivity index (χ3n) is 7.56. The Kier molecular flexibility index (Phi) is 7.49. The predicted molar refractivity (Wildman–Crippen MR) is 148 cm³/mol. The number of primary amides is 1. The fourth-order valence-corrected chi connectivity index (χ4v) is 5.30. The van der Waals surface area contributed by atoms with E-state index in [0.29, 0.717) is 23.6 Å². The number of Topliss-reactive ketones (excluding diaryl/α,β-unsaturated/α-hetero) is 1. The monoisotopic (exact) mass is 494 g/mol. The highest BCUT2D eigenvalue weighted by Crippen LogP contribution is 2.31. The molecule has 2 heterocycles.